The fourth-order valence-corrected chi connectivity index (χ4v) is 4.40. The second kappa shape index (κ2) is 11.2. The van der Waals surface area contributed by atoms with Gasteiger partial charge in [-0.1, -0.05) is 12.1 Å². The number of benzene rings is 2. The van der Waals surface area contributed by atoms with Crippen LogP contribution in [0.3, 0.4) is 0 Å². The minimum absolute atomic E-state index is 0.343. The van der Waals surface area contributed by atoms with Crippen LogP contribution in [0.5, 0.6) is 5.75 Å². The third-order valence-electron chi connectivity index (χ3n) is 6.47. The lowest BCUT2D eigenvalue weighted by Crippen LogP contribution is -2.45. The molecule has 2 N–H and O–H groups in total. The summed E-state index contributed by atoms with van der Waals surface area (Å²) in [4.78, 5) is 26.6. The van der Waals surface area contributed by atoms with Gasteiger partial charge in [0.25, 0.3) is 0 Å². The molecule has 1 saturated heterocycles. The van der Waals surface area contributed by atoms with Gasteiger partial charge in [0.2, 0.25) is 0 Å². The molecule has 4 rings (SSSR count). The summed E-state index contributed by atoms with van der Waals surface area (Å²) in [5, 5.41) is 0. The molecule has 0 bridgehead atoms. The molecular formula is C29H38N2O5. The Kier molecular flexibility index (Phi) is 8.07. The standard InChI is InChI=1S/C29H38N2O5/c1-29(2,3)36-28(33)31-16-4-7-25(19-31)35-27(32)22-12-14-24(15-13-22)34-17-5-6-21-10-11-23(18-26(21)30)20-8-9-20/h10-15,18,20,25H,4-9,16-17,19,30H2,1-3H3/t25-/m0/s1. The molecule has 2 aliphatic rings. The van der Waals surface area contributed by atoms with Gasteiger partial charge in [0.1, 0.15) is 17.5 Å². The van der Waals surface area contributed by atoms with Gasteiger partial charge < -0.3 is 24.8 Å². The number of rotatable bonds is 8. The molecule has 36 heavy (non-hydrogen) atoms. The molecule has 194 valence electrons. The molecule has 0 aromatic heterocycles. The highest BCUT2D eigenvalue weighted by atomic mass is 16.6. The summed E-state index contributed by atoms with van der Waals surface area (Å²) in [5.41, 5.74) is 9.52. The smallest absolute Gasteiger partial charge is 0.410 e. The first kappa shape index (κ1) is 25.9. The molecular weight excluding hydrogens is 456 g/mol. The van der Waals surface area contributed by atoms with Crippen molar-refractivity contribution < 1.29 is 23.8 Å². The number of nitrogens with zero attached hydrogens (tertiary/aromatic N) is 1. The van der Waals surface area contributed by atoms with Gasteiger partial charge in [-0.05, 0) is 107 Å². The monoisotopic (exact) mass is 494 g/mol. The number of piperidine rings is 1. The van der Waals surface area contributed by atoms with Gasteiger partial charge in [-0.2, -0.15) is 0 Å². The van der Waals surface area contributed by atoms with Crippen LogP contribution in [-0.4, -0.2) is 48.4 Å². The van der Waals surface area contributed by atoms with E-state index in [9.17, 15) is 9.59 Å². The zero-order valence-corrected chi connectivity index (χ0v) is 21.6. The lowest BCUT2D eigenvalue weighted by Gasteiger charge is -2.33. The Hall–Kier alpha value is -3.22. The fraction of sp³-hybridized carbons (Fsp3) is 0.517. The van der Waals surface area contributed by atoms with Crippen LogP contribution in [0, 0.1) is 0 Å². The maximum atomic E-state index is 12.6. The maximum absolute atomic E-state index is 12.6. The van der Waals surface area contributed by atoms with Gasteiger partial charge in [-0.25, -0.2) is 9.59 Å². The molecule has 1 aliphatic heterocycles. The molecule has 2 fully saturated rings. The summed E-state index contributed by atoms with van der Waals surface area (Å²) in [6, 6.07) is 13.4. The Bertz CT molecular complexity index is 1060. The van der Waals surface area contributed by atoms with Gasteiger partial charge >= 0.3 is 12.1 Å². The van der Waals surface area contributed by atoms with Crippen molar-refractivity contribution in [1.82, 2.24) is 4.90 Å². The zero-order chi connectivity index (χ0) is 25.7. The lowest BCUT2D eigenvalue weighted by atomic mass is 10.0. The van der Waals surface area contributed by atoms with Crippen LogP contribution in [0.15, 0.2) is 42.5 Å². The van der Waals surface area contributed by atoms with Gasteiger partial charge in [0.15, 0.2) is 0 Å². The van der Waals surface area contributed by atoms with E-state index in [2.05, 4.69) is 18.2 Å². The highest BCUT2D eigenvalue weighted by molar-refractivity contribution is 5.89. The van der Waals surface area contributed by atoms with Crippen LogP contribution >= 0.6 is 0 Å². The SMILES string of the molecule is CC(C)(C)OC(=O)N1CCC[C@H](OC(=O)c2ccc(OCCCc3ccc(C4CC4)cc3N)cc2)C1. The van der Waals surface area contributed by atoms with Gasteiger partial charge in [0, 0.05) is 12.2 Å². The van der Waals surface area contributed by atoms with Crippen LogP contribution in [-0.2, 0) is 15.9 Å². The number of amides is 1. The van der Waals surface area contributed by atoms with E-state index in [0.717, 1.165) is 36.9 Å². The quantitative estimate of drug-likeness (QED) is 0.287. The molecule has 7 heteroatoms. The van der Waals surface area contributed by atoms with E-state index in [0.29, 0.717) is 36.9 Å². The van der Waals surface area contributed by atoms with Crippen molar-refractivity contribution in [3.63, 3.8) is 0 Å². The van der Waals surface area contributed by atoms with Crippen LogP contribution in [0.4, 0.5) is 10.5 Å². The van der Waals surface area contributed by atoms with Crippen LogP contribution in [0.1, 0.15) is 80.3 Å². The number of anilines is 1. The summed E-state index contributed by atoms with van der Waals surface area (Å²) in [7, 11) is 0. The average molecular weight is 495 g/mol. The number of hydrogen-bond donors (Lipinski definition) is 1. The number of hydrogen-bond acceptors (Lipinski definition) is 6. The Morgan fingerprint density at radius 3 is 2.47 bits per heavy atom. The van der Waals surface area contributed by atoms with Gasteiger partial charge in [-0.3, -0.25) is 0 Å². The van der Waals surface area contributed by atoms with E-state index in [-0.39, 0.29) is 12.2 Å². The minimum Gasteiger partial charge on any atom is -0.494 e. The number of carbonyl (C=O) groups is 2. The predicted octanol–water partition coefficient (Wildman–Crippen LogP) is 5.71. The van der Waals surface area contributed by atoms with Crippen molar-refractivity contribution >= 4 is 17.7 Å². The van der Waals surface area contributed by atoms with E-state index in [1.807, 2.05) is 20.8 Å². The van der Waals surface area contributed by atoms with Crippen LogP contribution < -0.4 is 10.5 Å². The van der Waals surface area contributed by atoms with Gasteiger partial charge in [-0.15, -0.1) is 0 Å². The molecule has 0 unspecified atom stereocenters. The molecule has 1 heterocycles. The van der Waals surface area contributed by atoms with Crippen molar-refractivity contribution in [2.24, 2.45) is 0 Å². The first-order valence-corrected chi connectivity index (χ1v) is 13.0. The summed E-state index contributed by atoms with van der Waals surface area (Å²) < 4.78 is 17.0. The topological polar surface area (TPSA) is 91.1 Å². The molecule has 1 saturated carbocycles. The molecule has 2 aromatic carbocycles. The summed E-state index contributed by atoms with van der Waals surface area (Å²) in [6.07, 6.45) is 5.03. The number of nitrogen functional groups attached to an aromatic ring is 1. The number of esters is 1. The van der Waals surface area contributed by atoms with Crippen molar-refractivity contribution in [3.8, 4) is 5.75 Å². The number of likely N-dealkylation sites (tertiary alicyclic amines) is 1. The second-order valence-electron chi connectivity index (χ2n) is 10.8. The van der Waals surface area contributed by atoms with E-state index in [1.165, 1.54) is 18.4 Å². The first-order chi connectivity index (χ1) is 17.2. The first-order valence-electron chi connectivity index (χ1n) is 13.0. The summed E-state index contributed by atoms with van der Waals surface area (Å²) in [6.45, 7) is 7.02. The Labute approximate surface area is 213 Å². The average Bonchev–Trinajstić information content (AvgIpc) is 3.68. The van der Waals surface area contributed by atoms with E-state index >= 15 is 0 Å². The third kappa shape index (κ3) is 7.39. The van der Waals surface area contributed by atoms with Crippen molar-refractivity contribution in [3.05, 3.63) is 59.2 Å². The highest BCUT2D eigenvalue weighted by Crippen LogP contribution is 2.41. The fourth-order valence-electron chi connectivity index (χ4n) is 4.40. The number of ether oxygens (including phenoxy) is 3. The molecule has 0 spiro atoms. The van der Waals surface area contributed by atoms with Gasteiger partial charge in [0.05, 0.1) is 18.7 Å². The summed E-state index contributed by atoms with van der Waals surface area (Å²) >= 11 is 0. The Morgan fingerprint density at radius 1 is 1.06 bits per heavy atom. The minimum atomic E-state index is -0.557. The number of aryl methyl sites for hydroxylation is 1. The Morgan fingerprint density at radius 2 is 1.81 bits per heavy atom. The second-order valence-corrected chi connectivity index (χ2v) is 10.8. The molecule has 7 nitrogen and oxygen atoms in total. The van der Waals surface area contributed by atoms with E-state index in [4.69, 9.17) is 19.9 Å². The molecule has 1 aliphatic carbocycles. The highest BCUT2D eigenvalue weighted by Gasteiger charge is 2.29. The lowest BCUT2D eigenvalue weighted by molar-refractivity contribution is -0.0115. The molecule has 0 radical (unpaired) electrons. The molecule has 1 amide bonds. The number of nitrogens with two attached hydrogens (primary N) is 1. The third-order valence-corrected chi connectivity index (χ3v) is 6.47. The summed E-state index contributed by atoms with van der Waals surface area (Å²) in [5.74, 6) is 1.01. The maximum Gasteiger partial charge on any atom is 0.410 e. The van der Waals surface area contributed by atoms with Crippen molar-refractivity contribution in [1.29, 1.82) is 0 Å². The Balaban J connectivity index is 1.20. The largest absolute Gasteiger partial charge is 0.494 e. The molecule has 2 aromatic rings. The van der Waals surface area contributed by atoms with E-state index in [1.54, 1.807) is 29.2 Å². The van der Waals surface area contributed by atoms with Crippen LogP contribution in [0.25, 0.3) is 0 Å². The van der Waals surface area contributed by atoms with Crippen LogP contribution in [0.2, 0.25) is 0 Å². The number of carbonyl (C=O) groups excluding carboxylic acids is 2. The van der Waals surface area contributed by atoms with E-state index < -0.39 is 11.6 Å². The predicted molar refractivity (Wildman–Crippen MR) is 139 cm³/mol. The zero-order valence-electron chi connectivity index (χ0n) is 21.6. The normalized spacial score (nSPS) is 18.0. The van der Waals surface area contributed by atoms with Crippen molar-refractivity contribution in [2.75, 3.05) is 25.4 Å². The molecule has 1 atom stereocenters. The van der Waals surface area contributed by atoms with Crippen molar-refractivity contribution in [2.45, 2.75) is 76.9 Å².